The second kappa shape index (κ2) is 7.81. The van der Waals surface area contributed by atoms with E-state index in [-0.39, 0.29) is 5.75 Å². The Bertz CT molecular complexity index is 1160. The SMILES string of the molecule is O=C(O)COc1ccccc1-n1nc(-c2ccccc2)n[n+]1-c1ccccc1O. The van der Waals surface area contributed by atoms with Gasteiger partial charge in [0.25, 0.3) is 0 Å². The van der Waals surface area contributed by atoms with Crippen molar-refractivity contribution < 1.29 is 24.5 Å². The number of carbonyl (C=O) groups is 1. The van der Waals surface area contributed by atoms with Gasteiger partial charge in [-0.15, -0.1) is 0 Å². The van der Waals surface area contributed by atoms with Gasteiger partial charge in [-0.05, 0) is 46.3 Å². The number of benzene rings is 3. The summed E-state index contributed by atoms with van der Waals surface area (Å²) in [7, 11) is 0. The quantitative estimate of drug-likeness (QED) is 0.491. The first kappa shape index (κ1) is 18.2. The summed E-state index contributed by atoms with van der Waals surface area (Å²) in [4.78, 5) is 13.9. The van der Waals surface area contributed by atoms with Crippen LogP contribution in [0.4, 0.5) is 0 Å². The molecular weight excluding hydrogens is 372 g/mol. The molecule has 0 atom stereocenters. The molecule has 0 saturated carbocycles. The Labute approximate surface area is 165 Å². The van der Waals surface area contributed by atoms with Gasteiger partial charge in [0.1, 0.15) is 0 Å². The number of aromatic hydroxyl groups is 1. The van der Waals surface area contributed by atoms with Gasteiger partial charge < -0.3 is 14.9 Å². The van der Waals surface area contributed by atoms with Gasteiger partial charge in [0, 0.05) is 4.80 Å². The summed E-state index contributed by atoms with van der Waals surface area (Å²) >= 11 is 0. The molecule has 3 aromatic carbocycles. The van der Waals surface area contributed by atoms with Crippen molar-refractivity contribution in [3.05, 3.63) is 78.9 Å². The largest absolute Gasteiger partial charge is 0.504 e. The highest BCUT2D eigenvalue weighted by atomic mass is 16.5. The lowest BCUT2D eigenvalue weighted by atomic mass is 10.2. The number of hydrogen-bond acceptors (Lipinski definition) is 5. The molecule has 1 heterocycles. The fourth-order valence-electron chi connectivity index (χ4n) is 2.82. The molecular formula is C21H17N4O4+. The standard InChI is InChI=1S/C21H16N4O4/c26-18-12-6-4-10-16(18)24-22-21(15-8-2-1-3-9-15)23-25(24)17-11-5-7-13-19(17)29-14-20(27)28/h1-13H,14H2,(H-,22,23,26,27,28)/p+1. The minimum absolute atomic E-state index is 0.0229. The molecule has 4 rings (SSSR count). The zero-order valence-electron chi connectivity index (χ0n) is 15.2. The van der Waals surface area contributed by atoms with Gasteiger partial charge in [-0.3, -0.25) is 0 Å². The van der Waals surface area contributed by atoms with Crippen LogP contribution in [0.1, 0.15) is 0 Å². The first-order valence-electron chi connectivity index (χ1n) is 8.81. The summed E-state index contributed by atoms with van der Waals surface area (Å²) in [5.74, 6) is -0.308. The van der Waals surface area contributed by atoms with Gasteiger partial charge in [0.15, 0.2) is 23.8 Å². The van der Waals surface area contributed by atoms with E-state index in [9.17, 15) is 9.90 Å². The number of phenols is 1. The lowest BCUT2D eigenvalue weighted by Gasteiger charge is -2.07. The van der Waals surface area contributed by atoms with Gasteiger partial charge in [-0.1, -0.05) is 42.5 Å². The lowest BCUT2D eigenvalue weighted by molar-refractivity contribution is -0.734. The molecule has 2 N–H and O–H groups in total. The molecule has 0 aliphatic carbocycles. The number of aromatic nitrogens is 4. The summed E-state index contributed by atoms with van der Waals surface area (Å²) in [5.41, 5.74) is 1.68. The second-order valence-electron chi connectivity index (χ2n) is 6.11. The average Bonchev–Trinajstić information content (AvgIpc) is 3.18. The third kappa shape index (κ3) is 3.77. The number of aliphatic carboxylic acids is 1. The van der Waals surface area contributed by atoms with E-state index in [1.54, 1.807) is 48.5 Å². The second-order valence-corrected chi connectivity index (χ2v) is 6.11. The predicted octanol–water partition coefficient (Wildman–Crippen LogP) is 2.38. The predicted molar refractivity (Wildman–Crippen MR) is 103 cm³/mol. The molecule has 0 aliphatic rings. The Hall–Kier alpha value is -4.20. The third-order valence-corrected chi connectivity index (χ3v) is 4.12. The number of nitrogens with zero attached hydrogens (tertiary/aromatic N) is 4. The molecule has 0 aliphatic heterocycles. The van der Waals surface area contributed by atoms with E-state index in [2.05, 4.69) is 10.2 Å². The summed E-state index contributed by atoms with van der Waals surface area (Å²) in [6, 6.07) is 23.0. The Morgan fingerprint density at radius 1 is 0.966 bits per heavy atom. The normalized spacial score (nSPS) is 10.6. The number of tetrazole rings is 1. The van der Waals surface area contributed by atoms with Crippen molar-refractivity contribution in [1.82, 2.24) is 15.0 Å². The first-order chi connectivity index (χ1) is 14.1. The first-order valence-corrected chi connectivity index (χ1v) is 8.81. The van der Waals surface area contributed by atoms with Crippen LogP contribution in [0, 0.1) is 0 Å². The van der Waals surface area contributed by atoms with Crippen molar-refractivity contribution in [1.29, 1.82) is 0 Å². The van der Waals surface area contributed by atoms with E-state index in [1.807, 2.05) is 30.3 Å². The smallest absolute Gasteiger partial charge is 0.341 e. The van der Waals surface area contributed by atoms with Crippen LogP contribution < -0.4 is 9.53 Å². The monoisotopic (exact) mass is 389 g/mol. The molecule has 1 aromatic heterocycles. The molecule has 0 fully saturated rings. The maximum Gasteiger partial charge on any atom is 0.341 e. The molecule has 0 bridgehead atoms. The van der Waals surface area contributed by atoms with E-state index in [4.69, 9.17) is 9.84 Å². The Morgan fingerprint density at radius 2 is 1.66 bits per heavy atom. The van der Waals surface area contributed by atoms with E-state index in [1.165, 1.54) is 9.59 Å². The van der Waals surface area contributed by atoms with Crippen molar-refractivity contribution in [2.24, 2.45) is 0 Å². The number of ether oxygens (including phenoxy) is 1. The summed E-state index contributed by atoms with van der Waals surface area (Å²) in [6.07, 6.45) is 0. The maximum atomic E-state index is 10.9. The molecule has 4 aromatic rings. The van der Waals surface area contributed by atoms with Gasteiger partial charge >= 0.3 is 11.8 Å². The van der Waals surface area contributed by atoms with Crippen molar-refractivity contribution >= 4 is 5.97 Å². The highest BCUT2D eigenvalue weighted by Gasteiger charge is 2.27. The van der Waals surface area contributed by atoms with Crippen LogP contribution in [0.25, 0.3) is 22.8 Å². The summed E-state index contributed by atoms with van der Waals surface area (Å²) < 4.78 is 5.43. The topological polar surface area (TPSA) is 101 Å². The molecule has 0 unspecified atom stereocenters. The minimum atomic E-state index is -1.09. The van der Waals surface area contributed by atoms with Crippen molar-refractivity contribution in [2.75, 3.05) is 6.61 Å². The van der Waals surface area contributed by atoms with E-state index < -0.39 is 12.6 Å². The van der Waals surface area contributed by atoms with Gasteiger partial charge in [-0.25, -0.2) is 4.79 Å². The third-order valence-electron chi connectivity index (χ3n) is 4.12. The van der Waals surface area contributed by atoms with Gasteiger partial charge in [0.2, 0.25) is 5.69 Å². The zero-order valence-corrected chi connectivity index (χ0v) is 15.2. The maximum absolute atomic E-state index is 10.9. The fourth-order valence-corrected chi connectivity index (χ4v) is 2.82. The molecule has 0 saturated heterocycles. The van der Waals surface area contributed by atoms with Crippen LogP contribution in [0.5, 0.6) is 11.5 Å². The molecule has 0 radical (unpaired) electrons. The Morgan fingerprint density at radius 3 is 2.41 bits per heavy atom. The highest BCUT2D eigenvalue weighted by Crippen LogP contribution is 2.24. The molecule has 8 heteroatoms. The molecule has 8 nitrogen and oxygen atoms in total. The zero-order chi connectivity index (χ0) is 20.2. The van der Waals surface area contributed by atoms with Crippen molar-refractivity contribution in [2.45, 2.75) is 0 Å². The number of rotatable bonds is 6. The van der Waals surface area contributed by atoms with Crippen molar-refractivity contribution in [3.8, 4) is 34.3 Å². The molecule has 0 amide bonds. The van der Waals surface area contributed by atoms with Crippen LogP contribution in [0.2, 0.25) is 0 Å². The van der Waals surface area contributed by atoms with Crippen LogP contribution in [0.15, 0.2) is 78.9 Å². The summed E-state index contributed by atoms with van der Waals surface area (Å²) in [5, 5.41) is 28.5. The van der Waals surface area contributed by atoms with Gasteiger partial charge in [0.05, 0.1) is 10.7 Å². The number of carboxylic acids is 1. The van der Waals surface area contributed by atoms with E-state index in [0.29, 0.717) is 22.9 Å². The van der Waals surface area contributed by atoms with Crippen molar-refractivity contribution in [3.63, 3.8) is 0 Å². The van der Waals surface area contributed by atoms with Crippen LogP contribution in [-0.4, -0.2) is 37.8 Å². The van der Waals surface area contributed by atoms with E-state index in [0.717, 1.165) is 5.56 Å². The van der Waals surface area contributed by atoms with Gasteiger partial charge in [-0.2, -0.15) is 0 Å². The molecule has 144 valence electrons. The van der Waals surface area contributed by atoms with Crippen LogP contribution in [0.3, 0.4) is 0 Å². The Balaban J connectivity index is 1.90. The fraction of sp³-hybridized carbons (Fsp3) is 0.0476. The molecule has 29 heavy (non-hydrogen) atoms. The highest BCUT2D eigenvalue weighted by molar-refractivity contribution is 5.68. The molecule has 0 spiro atoms. The lowest BCUT2D eigenvalue weighted by Crippen LogP contribution is -2.43. The summed E-state index contributed by atoms with van der Waals surface area (Å²) in [6.45, 7) is -0.492. The number of carboxylic acid groups (broad SMARTS) is 1. The number of phenolic OH excluding ortho intramolecular Hbond substituents is 1. The number of hydrogen-bond donors (Lipinski definition) is 2. The van der Waals surface area contributed by atoms with Crippen LogP contribution in [-0.2, 0) is 4.79 Å². The van der Waals surface area contributed by atoms with E-state index >= 15 is 0 Å². The Kier molecular flexibility index (Phi) is 4.90. The number of para-hydroxylation sites is 4. The van der Waals surface area contributed by atoms with Crippen LogP contribution >= 0.6 is 0 Å². The average molecular weight is 389 g/mol. The minimum Gasteiger partial charge on any atom is -0.504 e.